The first-order valence-corrected chi connectivity index (χ1v) is 32.2. The van der Waals surface area contributed by atoms with Crippen molar-refractivity contribution >= 4 is 21.9 Å². The summed E-state index contributed by atoms with van der Waals surface area (Å²) in [4.78, 5) is 0. The molecule has 0 bridgehead atoms. The summed E-state index contributed by atoms with van der Waals surface area (Å²) in [5.74, 6) is 2.67. The summed E-state index contributed by atoms with van der Waals surface area (Å²) in [6, 6.07) is 39.8. The maximum absolute atomic E-state index is 2.53. The van der Waals surface area contributed by atoms with E-state index in [0.29, 0.717) is 23.7 Å². The van der Waals surface area contributed by atoms with Gasteiger partial charge in [-0.1, -0.05) is 236 Å². The van der Waals surface area contributed by atoms with E-state index in [0.717, 1.165) is 12.3 Å². The molecule has 0 nitrogen and oxygen atoms in total. The molecule has 0 heteroatoms. The highest BCUT2D eigenvalue weighted by atomic mass is 14.4. The van der Waals surface area contributed by atoms with Crippen molar-refractivity contribution < 1.29 is 0 Å². The fourth-order valence-corrected chi connectivity index (χ4v) is 14.8. The standard InChI is InChI=1S/C41H46.C16H18.C11H16.C11H14.C2H6/c1-10-11-14-33-28(6)25(3)29(7)37-22-30(17-19-34(33)37)26(4)27(5)31-18-20-36-38(23-31)41(8,9)39-21-24(2)32-15-12-13-16-35(32)40(36)39;1-11-7-8-15-13(9-11)10-12(2)14-5-3-4-6-16(14)15;2*1-9-6-7-10-4-2-3-5-11(10)8-9;1-2/h11-23,25-27,29H,10H2,1-9H3;4,6-9,12H,3,5,10H2,1-2H3;8H,2-7H2,1H3;6-8H,2-5H2,1H3;1-2H3/b14-11-;;;;. The quantitative estimate of drug-likeness (QED) is 0.161. The van der Waals surface area contributed by atoms with Crippen molar-refractivity contribution in [3.8, 4) is 11.1 Å². The van der Waals surface area contributed by atoms with E-state index < -0.39 is 0 Å². The Kier molecular flexibility index (Phi) is 19.2. The van der Waals surface area contributed by atoms with Crippen molar-refractivity contribution in [2.75, 3.05) is 0 Å². The summed E-state index contributed by atoms with van der Waals surface area (Å²) in [6.45, 7) is 34.3. The average Bonchev–Trinajstić information content (AvgIpc) is 3.82. The van der Waals surface area contributed by atoms with Crippen molar-refractivity contribution in [2.24, 2.45) is 11.8 Å². The highest BCUT2D eigenvalue weighted by molar-refractivity contribution is 6.04. The lowest BCUT2D eigenvalue weighted by molar-refractivity contribution is 0.550. The van der Waals surface area contributed by atoms with Gasteiger partial charge in [-0.05, 0) is 254 Å². The van der Waals surface area contributed by atoms with Gasteiger partial charge in [-0.2, -0.15) is 0 Å². The summed E-state index contributed by atoms with van der Waals surface area (Å²) in [5, 5.41) is 2.76. The van der Waals surface area contributed by atoms with Crippen molar-refractivity contribution in [3.05, 3.63) is 234 Å². The zero-order valence-electron chi connectivity index (χ0n) is 53.0. The molecule has 7 aliphatic carbocycles. The lowest BCUT2D eigenvalue weighted by Gasteiger charge is -2.33. The molecule has 0 fully saturated rings. The fourth-order valence-electron chi connectivity index (χ4n) is 14.8. The molecule has 6 aromatic rings. The third kappa shape index (κ3) is 12.5. The molecule has 6 aromatic carbocycles. The number of hydrogen-bond acceptors (Lipinski definition) is 0. The predicted molar refractivity (Wildman–Crippen MR) is 356 cm³/mol. The zero-order chi connectivity index (χ0) is 57.7. The Bertz CT molecular complexity index is 3450. The minimum Gasteiger partial charge on any atom is -0.0842 e. The van der Waals surface area contributed by atoms with Crippen LogP contribution < -0.4 is 0 Å². The Morgan fingerprint density at radius 3 is 1.98 bits per heavy atom. The second-order valence-corrected chi connectivity index (χ2v) is 26.0. The second-order valence-electron chi connectivity index (χ2n) is 26.0. The van der Waals surface area contributed by atoms with E-state index in [9.17, 15) is 0 Å². The van der Waals surface area contributed by atoms with Crippen molar-refractivity contribution in [3.63, 3.8) is 0 Å². The Hall–Kier alpha value is -5.98. The first kappa shape index (κ1) is 59.6. The van der Waals surface area contributed by atoms with Crippen LogP contribution in [0.5, 0.6) is 0 Å². The van der Waals surface area contributed by atoms with Gasteiger partial charge in [-0.3, -0.25) is 0 Å². The third-order valence-corrected chi connectivity index (χ3v) is 20.2. The summed E-state index contributed by atoms with van der Waals surface area (Å²) in [7, 11) is 0. The van der Waals surface area contributed by atoms with Crippen molar-refractivity contribution in [2.45, 2.75) is 217 Å². The molecule has 0 aliphatic heterocycles. The normalized spacial score (nSPS) is 20.6. The summed E-state index contributed by atoms with van der Waals surface area (Å²) < 4.78 is 0. The molecule has 0 N–H and O–H groups in total. The third-order valence-electron chi connectivity index (χ3n) is 20.2. The number of fused-ring (bicyclic) bond motifs is 9. The van der Waals surface area contributed by atoms with Crippen LogP contribution in [0.3, 0.4) is 0 Å². The fraction of sp³-hybridized carbons (Fsp3) is 0.432. The zero-order valence-corrected chi connectivity index (χ0v) is 53.0. The van der Waals surface area contributed by atoms with Gasteiger partial charge in [0, 0.05) is 5.41 Å². The lowest BCUT2D eigenvalue weighted by atomic mass is 9.72. The van der Waals surface area contributed by atoms with E-state index in [-0.39, 0.29) is 5.41 Å². The molecule has 0 spiro atoms. The molecule has 0 heterocycles. The minimum atomic E-state index is -0.0115. The van der Waals surface area contributed by atoms with Crippen LogP contribution >= 0.6 is 0 Å². The largest absolute Gasteiger partial charge is 0.0842 e. The first-order valence-electron chi connectivity index (χ1n) is 32.2. The van der Waals surface area contributed by atoms with E-state index in [1.165, 1.54) is 183 Å². The molecule has 5 unspecified atom stereocenters. The molecule has 0 aromatic heterocycles. The maximum Gasteiger partial charge on any atom is 0.0159 e. The Balaban J connectivity index is 0.000000159. The van der Waals surface area contributed by atoms with Crippen LogP contribution in [0.25, 0.3) is 33.0 Å². The van der Waals surface area contributed by atoms with Gasteiger partial charge in [0.05, 0.1) is 0 Å². The van der Waals surface area contributed by atoms with Gasteiger partial charge in [0.1, 0.15) is 0 Å². The van der Waals surface area contributed by atoms with E-state index in [2.05, 4.69) is 224 Å². The molecule has 0 radical (unpaired) electrons. The average molecular weight is 1070 g/mol. The highest BCUT2D eigenvalue weighted by Gasteiger charge is 2.38. The second kappa shape index (κ2) is 26.1. The van der Waals surface area contributed by atoms with E-state index in [4.69, 9.17) is 0 Å². The summed E-state index contributed by atoms with van der Waals surface area (Å²) >= 11 is 0. The Labute approximate surface area is 492 Å². The number of benzene rings is 6. The van der Waals surface area contributed by atoms with Gasteiger partial charge in [0.2, 0.25) is 0 Å². The molecule has 424 valence electrons. The van der Waals surface area contributed by atoms with Crippen LogP contribution in [-0.2, 0) is 24.7 Å². The molecule has 0 amide bonds. The number of aryl methyl sites for hydroxylation is 5. The first-order chi connectivity index (χ1) is 39.0. The molecule has 0 saturated heterocycles. The van der Waals surface area contributed by atoms with Gasteiger partial charge in [0.15, 0.2) is 0 Å². The predicted octanol–water partition coefficient (Wildman–Crippen LogP) is 23.6. The van der Waals surface area contributed by atoms with Gasteiger partial charge < -0.3 is 0 Å². The summed E-state index contributed by atoms with van der Waals surface area (Å²) in [6.07, 6.45) is 30.2. The van der Waals surface area contributed by atoms with Gasteiger partial charge in [-0.25, -0.2) is 0 Å². The van der Waals surface area contributed by atoms with Crippen LogP contribution in [0.15, 0.2) is 161 Å². The molecular weight excluding hydrogens is 973 g/mol. The number of rotatable bonds is 5. The minimum absolute atomic E-state index is 0.0115. The maximum atomic E-state index is 2.53. The van der Waals surface area contributed by atoms with Crippen LogP contribution in [0.1, 0.15) is 244 Å². The lowest BCUT2D eigenvalue weighted by Crippen LogP contribution is -2.17. The molecule has 7 aliphatic rings. The number of hydrogen-bond donors (Lipinski definition) is 0. The van der Waals surface area contributed by atoms with Crippen molar-refractivity contribution in [1.82, 2.24) is 0 Å². The van der Waals surface area contributed by atoms with Gasteiger partial charge in [-0.15, -0.1) is 0 Å². The topological polar surface area (TPSA) is 0 Å². The smallest absolute Gasteiger partial charge is 0.0159 e. The molecular formula is C81H100. The van der Waals surface area contributed by atoms with Crippen LogP contribution in [-0.4, -0.2) is 0 Å². The Morgan fingerprint density at radius 1 is 0.593 bits per heavy atom. The van der Waals surface area contributed by atoms with E-state index in [1.54, 1.807) is 33.4 Å². The van der Waals surface area contributed by atoms with Crippen LogP contribution in [0.4, 0.5) is 0 Å². The van der Waals surface area contributed by atoms with E-state index >= 15 is 0 Å². The molecule has 81 heavy (non-hydrogen) atoms. The van der Waals surface area contributed by atoms with Crippen molar-refractivity contribution in [1.29, 1.82) is 0 Å². The van der Waals surface area contributed by atoms with Crippen LogP contribution in [0.2, 0.25) is 0 Å². The highest BCUT2D eigenvalue weighted by Crippen LogP contribution is 2.53. The molecule has 0 saturated carbocycles. The van der Waals surface area contributed by atoms with Gasteiger partial charge in [0.25, 0.3) is 0 Å². The number of allylic oxidation sites excluding steroid dienone is 12. The van der Waals surface area contributed by atoms with E-state index in [1.807, 2.05) is 13.8 Å². The monoisotopic (exact) mass is 1070 g/mol. The van der Waals surface area contributed by atoms with Gasteiger partial charge >= 0.3 is 0 Å². The SMILES string of the molecule is CC.CC/C=C\C1=C(C)C(C)C(C)c2cc(C(C)C(C)c3ccc4c(c3)C(C)(C)c3cc(C)c5ccccc5c3-4)ccc21.CC1=CC2=C(CCCC2)CC1.Cc1ccc2c(c1)CC(C)C1=C2C=CCC1.Cc1ccc2c(c1)CCCC2. The molecule has 13 rings (SSSR count). The summed E-state index contributed by atoms with van der Waals surface area (Å²) in [5.41, 5.74) is 33.2. The van der Waals surface area contributed by atoms with Crippen LogP contribution in [0, 0.1) is 32.6 Å². The Morgan fingerprint density at radius 2 is 1.23 bits per heavy atom. The molecule has 5 atom stereocenters.